The van der Waals surface area contributed by atoms with E-state index in [1.54, 1.807) is 29.5 Å². The van der Waals surface area contributed by atoms with Crippen molar-refractivity contribution in [2.24, 2.45) is 5.92 Å². The number of hydrogen-bond donors (Lipinski definition) is 0. The maximum absolute atomic E-state index is 13.8. The Bertz CT molecular complexity index is 738. The van der Waals surface area contributed by atoms with Crippen molar-refractivity contribution >= 4 is 17.2 Å². The molecule has 27 heavy (non-hydrogen) atoms. The van der Waals surface area contributed by atoms with Crippen molar-refractivity contribution in [2.45, 2.75) is 39.3 Å². The van der Waals surface area contributed by atoms with Crippen molar-refractivity contribution in [1.29, 1.82) is 0 Å². The zero-order chi connectivity index (χ0) is 19.2. The lowest BCUT2D eigenvalue weighted by Gasteiger charge is -2.41. The third kappa shape index (κ3) is 5.37. The minimum absolute atomic E-state index is 0.0206. The summed E-state index contributed by atoms with van der Waals surface area (Å²) in [4.78, 5) is 21.8. The van der Waals surface area contributed by atoms with Gasteiger partial charge in [0.1, 0.15) is 12.4 Å². The minimum Gasteiger partial charge on any atom is -0.303 e. The molecule has 0 aliphatic carbocycles. The van der Waals surface area contributed by atoms with Gasteiger partial charge in [-0.15, -0.1) is 11.3 Å². The molecular weight excluding hydrogens is 363 g/mol. The summed E-state index contributed by atoms with van der Waals surface area (Å²) in [7, 11) is 0. The predicted molar refractivity (Wildman–Crippen MR) is 106 cm³/mol. The van der Waals surface area contributed by atoms with Gasteiger partial charge in [0.15, 0.2) is 0 Å². The highest BCUT2D eigenvalue weighted by Gasteiger charge is 2.33. The Labute approximate surface area is 164 Å². The van der Waals surface area contributed by atoms with E-state index in [1.165, 1.54) is 22.9 Å². The molecular formula is C21H27FN2O2S. The zero-order valence-electron chi connectivity index (χ0n) is 15.9. The Morgan fingerprint density at radius 3 is 2.81 bits per heavy atom. The van der Waals surface area contributed by atoms with Gasteiger partial charge in [0.05, 0.1) is 6.04 Å². The van der Waals surface area contributed by atoms with Crippen LogP contribution >= 0.6 is 11.3 Å². The molecule has 1 amide bonds. The lowest BCUT2D eigenvalue weighted by molar-refractivity contribution is -0.214. The Kier molecular flexibility index (Phi) is 6.99. The van der Waals surface area contributed by atoms with Gasteiger partial charge in [-0.05, 0) is 36.3 Å². The number of nitrogens with zero attached hydrogens (tertiary/aromatic N) is 2. The first-order chi connectivity index (χ1) is 13.0. The molecule has 2 atom stereocenters. The first kappa shape index (κ1) is 20.0. The second kappa shape index (κ2) is 9.44. The van der Waals surface area contributed by atoms with Gasteiger partial charge in [-0.25, -0.2) is 9.45 Å². The van der Waals surface area contributed by atoms with Crippen molar-refractivity contribution in [3.63, 3.8) is 0 Å². The van der Waals surface area contributed by atoms with Gasteiger partial charge in [-0.3, -0.25) is 9.63 Å². The number of hydrogen-bond acceptors (Lipinski definition) is 4. The van der Waals surface area contributed by atoms with E-state index in [-0.39, 0.29) is 24.4 Å². The van der Waals surface area contributed by atoms with E-state index in [0.717, 1.165) is 32.5 Å². The van der Waals surface area contributed by atoms with Crippen molar-refractivity contribution in [1.82, 2.24) is 9.96 Å². The molecule has 0 radical (unpaired) electrons. The molecule has 1 aromatic heterocycles. The quantitative estimate of drug-likeness (QED) is 0.667. The standard InChI is InChI=1S/C21H27FN2O2S/c1-16-14-23(11-9-19-7-5-13-27-19)12-10-21(16)24(17(2)25)26-15-18-6-3-4-8-20(18)22/h3-8,13,16,21H,9-12,14-15H2,1-2H3/t16-,21-/m0/s1. The van der Waals surface area contributed by atoms with Crippen LogP contribution in [-0.4, -0.2) is 41.5 Å². The van der Waals surface area contributed by atoms with E-state index in [0.29, 0.717) is 11.5 Å². The fourth-order valence-corrected chi connectivity index (χ4v) is 4.37. The van der Waals surface area contributed by atoms with Crippen LogP contribution in [0.2, 0.25) is 0 Å². The molecule has 1 aliphatic rings. The summed E-state index contributed by atoms with van der Waals surface area (Å²) in [5, 5.41) is 3.58. The van der Waals surface area contributed by atoms with Gasteiger partial charge in [-0.1, -0.05) is 31.2 Å². The third-order valence-corrected chi connectivity index (χ3v) is 6.06. The van der Waals surface area contributed by atoms with Crippen LogP contribution in [0.15, 0.2) is 41.8 Å². The highest BCUT2D eigenvalue weighted by Crippen LogP contribution is 2.24. The van der Waals surface area contributed by atoms with Crippen LogP contribution in [0.25, 0.3) is 0 Å². The monoisotopic (exact) mass is 390 g/mol. The fourth-order valence-electron chi connectivity index (χ4n) is 3.67. The number of halogens is 1. The lowest BCUT2D eigenvalue weighted by atomic mass is 9.93. The average Bonchev–Trinajstić information content (AvgIpc) is 3.16. The number of likely N-dealkylation sites (tertiary alicyclic amines) is 1. The predicted octanol–water partition coefficient (Wildman–Crippen LogP) is 4.12. The van der Waals surface area contributed by atoms with Gasteiger partial charge in [0.25, 0.3) is 0 Å². The molecule has 0 N–H and O–H groups in total. The second-order valence-electron chi connectivity index (χ2n) is 7.17. The largest absolute Gasteiger partial charge is 0.303 e. The van der Waals surface area contributed by atoms with Crippen LogP contribution < -0.4 is 0 Å². The number of piperidine rings is 1. The number of thiophene rings is 1. The normalized spacial score (nSPS) is 20.6. The Morgan fingerprint density at radius 1 is 1.33 bits per heavy atom. The summed E-state index contributed by atoms with van der Waals surface area (Å²) in [6.45, 7) is 6.64. The summed E-state index contributed by atoms with van der Waals surface area (Å²) in [5.74, 6) is -0.140. The maximum Gasteiger partial charge on any atom is 0.243 e. The number of hydroxylamine groups is 2. The smallest absolute Gasteiger partial charge is 0.243 e. The summed E-state index contributed by atoms with van der Waals surface area (Å²) < 4.78 is 13.8. The molecule has 0 spiro atoms. The van der Waals surface area contributed by atoms with E-state index in [1.807, 2.05) is 0 Å². The maximum atomic E-state index is 13.8. The average molecular weight is 391 g/mol. The molecule has 146 valence electrons. The lowest BCUT2D eigenvalue weighted by Crippen LogP contribution is -2.51. The number of benzene rings is 1. The van der Waals surface area contributed by atoms with Crippen molar-refractivity contribution < 1.29 is 14.0 Å². The fraction of sp³-hybridized carbons (Fsp3) is 0.476. The Morgan fingerprint density at radius 2 is 2.15 bits per heavy atom. The van der Waals surface area contributed by atoms with E-state index < -0.39 is 0 Å². The van der Waals surface area contributed by atoms with Crippen molar-refractivity contribution in [2.75, 3.05) is 19.6 Å². The van der Waals surface area contributed by atoms with E-state index in [4.69, 9.17) is 4.84 Å². The summed E-state index contributed by atoms with van der Waals surface area (Å²) in [6, 6.07) is 10.8. The number of carbonyl (C=O) groups is 1. The van der Waals surface area contributed by atoms with E-state index in [2.05, 4.69) is 29.3 Å². The van der Waals surface area contributed by atoms with Gasteiger partial charge >= 0.3 is 0 Å². The summed E-state index contributed by atoms with van der Waals surface area (Å²) in [5.41, 5.74) is 0.463. The number of amides is 1. The first-order valence-corrected chi connectivity index (χ1v) is 10.3. The molecule has 2 aromatic rings. The molecule has 1 aliphatic heterocycles. The van der Waals surface area contributed by atoms with Crippen molar-refractivity contribution in [3.05, 3.63) is 58.0 Å². The highest BCUT2D eigenvalue weighted by molar-refractivity contribution is 7.09. The molecule has 0 bridgehead atoms. The van der Waals surface area contributed by atoms with Crippen LogP contribution in [0.4, 0.5) is 4.39 Å². The van der Waals surface area contributed by atoms with E-state index >= 15 is 0 Å². The zero-order valence-corrected chi connectivity index (χ0v) is 16.8. The topological polar surface area (TPSA) is 32.8 Å². The molecule has 3 rings (SSSR count). The Hall–Kier alpha value is -1.76. The van der Waals surface area contributed by atoms with E-state index in [9.17, 15) is 9.18 Å². The highest BCUT2D eigenvalue weighted by atomic mass is 32.1. The second-order valence-corrected chi connectivity index (χ2v) is 8.21. The van der Waals surface area contributed by atoms with Crippen molar-refractivity contribution in [3.8, 4) is 0 Å². The van der Waals surface area contributed by atoms with Crippen LogP contribution in [0.1, 0.15) is 30.7 Å². The number of carbonyl (C=O) groups excluding carboxylic acids is 1. The first-order valence-electron chi connectivity index (χ1n) is 9.45. The number of rotatable bonds is 7. The molecule has 1 fully saturated rings. The molecule has 4 nitrogen and oxygen atoms in total. The molecule has 1 saturated heterocycles. The van der Waals surface area contributed by atoms with Crippen LogP contribution in [0.5, 0.6) is 0 Å². The van der Waals surface area contributed by atoms with Gasteiger partial charge in [-0.2, -0.15) is 0 Å². The Balaban J connectivity index is 1.55. The van der Waals surface area contributed by atoms with Crippen LogP contribution in [0.3, 0.4) is 0 Å². The molecule has 0 unspecified atom stereocenters. The molecule has 1 aromatic carbocycles. The summed E-state index contributed by atoms with van der Waals surface area (Å²) in [6.07, 6.45) is 1.93. The SMILES string of the molecule is CC(=O)N(OCc1ccccc1F)[C@H]1CCN(CCc2cccs2)C[C@@H]1C. The molecule has 2 heterocycles. The minimum atomic E-state index is -0.308. The van der Waals surface area contributed by atoms with Gasteiger partial charge in [0.2, 0.25) is 5.91 Å². The van der Waals surface area contributed by atoms with Crippen LogP contribution in [0, 0.1) is 11.7 Å². The van der Waals surface area contributed by atoms with Gasteiger partial charge < -0.3 is 4.90 Å². The summed E-state index contributed by atoms with van der Waals surface area (Å²) >= 11 is 1.80. The molecule has 0 saturated carbocycles. The third-order valence-electron chi connectivity index (χ3n) is 5.13. The van der Waals surface area contributed by atoms with Gasteiger partial charge in [0, 0.05) is 37.0 Å². The van der Waals surface area contributed by atoms with Crippen LogP contribution in [-0.2, 0) is 22.7 Å². The molecule has 6 heteroatoms.